The van der Waals surface area contributed by atoms with Gasteiger partial charge < -0.3 is 9.47 Å². The molecule has 0 N–H and O–H groups in total. The Hall–Kier alpha value is -2.20. The largest absolute Gasteiger partial charge is 0.492 e. The molecule has 0 aromatic heterocycles. The molecule has 44 heavy (non-hydrogen) atoms. The molecule has 0 saturated carbocycles. The maximum Gasteiger partial charge on any atom is 0.138 e. The summed E-state index contributed by atoms with van der Waals surface area (Å²) in [7, 11) is 0. The number of rotatable bonds is 32. The minimum Gasteiger partial charge on any atom is -0.492 e. The SMILES string of the molecule is CCCCCCCCCCCCCCCCOc1ccc(OCCCCCCCCCCCCCCCC)c(C#N)c1C#N. The Bertz CT molecular complexity index is 798. The summed E-state index contributed by atoms with van der Waals surface area (Å²) >= 11 is 0. The third-order valence-corrected chi connectivity index (χ3v) is 8.86. The van der Waals surface area contributed by atoms with Crippen LogP contribution in [0.25, 0.3) is 0 Å². The lowest BCUT2D eigenvalue weighted by Gasteiger charge is -2.13. The first kappa shape index (κ1) is 39.8. The molecule has 4 nitrogen and oxygen atoms in total. The Kier molecular flexibility index (Phi) is 27.9. The highest BCUT2D eigenvalue weighted by Crippen LogP contribution is 2.30. The van der Waals surface area contributed by atoms with Crippen LogP contribution < -0.4 is 9.47 Å². The Morgan fingerprint density at radius 1 is 0.386 bits per heavy atom. The molecule has 0 spiro atoms. The van der Waals surface area contributed by atoms with Crippen molar-refractivity contribution in [2.75, 3.05) is 13.2 Å². The lowest BCUT2D eigenvalue weighted by molar-refractivity contribution is 0.295. The van der Waals surface area contributed by atoms with E-state index >= 15 is 0 Å². The first-order chi connectivity index (χ1) is 21.8. The van der Waals surface area contributed by atoms with Crippen LogP contribution in [0.1, 0.15) is 205 Å². The summed E-state index contributed by atoms with van der Waals surface area (Å²) in [5.41, 5.74) is 0.604. The number of unbranched alkanes of at least 4 members (excludes halogenated alkanes) is 26. The van der Waals surface area contributed by atoms with Gasteiger partial charge in [-0.15, -0.1) is 0 Å². The average Bonchev–Trinajstić information content (AvgIpc) is 3.04. The van der Waals surface area contributed by atoms with Gasteiger partial charge in [-0.05, 0) is 25.0 Å². The van der Waals surface area contributed by atoms with E-state index < -0.39 is 0 Å². The molecule has 1 aromatic rings. The van der Waals surface area contributed by atoms with Gasteiger partial charge in [0.15, 0.2) is 0 Å². The number of nitrogens with zero attached hydrogens (tertiary/aromatic N) is 2. The van der Waals surface area contributed by atoms with Crippen LogP contribution in [0, 0.1) is 22.7 Å². The Morgan fingerprint density at radius 2 is 0.614 bits per heavy atom. The van der Waals surface area contributed by atoms with Crippen LogP contribution in [-0.4, -0.2) is 13.2 Å². The van der Waals surface area contributed by atoms with Gasteiger partial charge in [0.1, 0.15) is 34.8 Å². The van der Waals surface area contributed by atoms with Gasteiger partial charge in [0.25, 0.3) is 0 Å². The number of hydrogen-bond donors (Lipinski definition) is 0. The predicted molar refractivity (Wildman–Crippen MR) is 187 cm³/mol. The molecule has 0 fully saturated rings. The van der Waals surface area contributed by atoms with Gasteiger partial charge >= 0.3 is 0 Å². The number of ether oxygens (including phenoxy) is 2. The fraction of sp³-hybridized carbons (Fsp3) is 0.800. The van der Waals surface area contributed by atoms with Crippen molar-refractivity contribution in [3.63, 3.8) is 0 Å². The van der Waals surface area contributed by atoms with Crippen molar-refractivity contribution in [3.05, 3.63) is 23.3 Å². The minimum absolute atomic E-state index is 0.302. The highest BCUT2D eigenvalue weighted by Gasteiger charge is 2.15. The van der Waals surface area contributed by atoms with E-state index in [4.69, 9.17) is 9.47 Å². The number of benzene rings is 1. The van der Waals surface area contributed by atoms with Crippen LogP contribution in [0.15, 0.2) is 12.1 Å². The molecular weight excluding hydrogens is 540 g/mol. The van der Waals surface area contributed by atoms with Crippen molar-refractivity contribution in [2.45, 2.75) is 194 Å². The van der Waals surface area contributed by atoms with Gasteiger partial charge in [0.05, 0.1) is 13.2 Å². The third kappa shape index (κ3) is 21.5. The van der Waals surface area contributed by atoms with Crippen LogP contribution in [-0.2, 0) is 0 Å². The molecule has 0 unspecified atom stereocenters. The second-order valence-corrected chi connectivity index (χ2v) is 12.9. The molecule has 0 aliphatic heterocycles. The normalized spacial score (nSPS) is 10.9. The van der Waals surface area contributed by atoms with Gasteiger partial charge in [-0.2, -0.15) is 10.5 Å². The van der Waals surface area contributed by atoms with E-state index in [-0.39, 0.29) is 0 Å². The van der Waals surface area contributed by atoms with Crippen molar-refractivity contribution in [1.82, 2.24) is 0 Å². The average molecular weight is 609 g/mol. The smallest absolute Gasteiger partial charge is 0.138 e. The monoisotopic (exact) mass is 609 g/mol. The molecule has 0 amide bonds. The number of hydrogen-bond acceptors (Lipinski definition) is 4. The third-order valence-electron chi connectivity index (χ3n) is 8.86. The predicted octanol–water partition coefficient (Wildman–Crippen LogP) is 13.2. The molecule has 0 aliphatic rings. The lowest BCUT2D eigenvalue weighted by atomic mass is 10.0. The first-order valence-electron chi connectivity index (χ1n) is 19.0. The highest BCUT2D eigenvalue weighted by atomic mass is 16.5. The van der Waals surface area contributed by atoms with Gasteiger partial charge in [0.2, 0.25) is 0 Å². The van der Waals surface area contributed by atoms with E-state index in [1.165, 1.54) is 154 Å². The van der Waals surface area contributed by atoms with Gasteiger partial charge in [-0.1, -0.05) is 181 Å². The molecule has 0 atom stereocenters. The molecule has 0 aliphatic carbocycles. The molecule has 0 radical (unpaired) electrons. The topological polar surface area (TPSA) is 66.0 Å². The van der Waals surface area contributed by atoms with E-state index in [2.05, 4.69) is 26.0 Å². The minimum atomic E-state index is 0.302. The first-order valence-corrected chi connectivity index (χ1v) is 19.0. The second kappa shape index (κ2) is 30.8. The Morgan fingerprint density at radius 3 is 0.841 bits per heavy atom. The Balaban J connectivity index is 2.10. The Labute approximate surface area is 273 Å². The summed E-state index contributed by atoms with van der Waals surface area (Å²) in [4.78, 5) is 0. The molecule has 250 valence electrons. The van der Waals surface area contributed by atoms with Crippen LogP contribution in [0.5, 0.6) is 11.5 Å². The highest BCUT2D eigenvalue weighted by molar-refractivity contribution is 5.60. The van der Waals surface area contributed by atoms with Crippen molar-refractivity contribution in [1.29, 1.82) is 10.5 Å². The van der Waals surface area contributed by atoms with Crippen LogP contribution in [0.4, 0.5) is 0 Å². The van der Waals surface area contributed by atoms with Gasteiger partial charge in [-0.25, -0.2) is 0 Å². The van der Waals surface area contributed by atoms with Gasteiger partial charge in [-0.3, -0.25) is 0 Å². The quantitative estimate of drug-likeness (QED) is 0.0763. The van der Waals surface area contributed by atoms with E-state index in [0.717, 1.165) is 25.7 Å². The summed E-state index contributed by atoms with van der Waals surface area (Å²) in [5.74, 6) is 1.00. The maximum atomic E-state index is 9.75. The second-order valence-electron chi connectivity index (χ2n) is 12.9. The zero-order valence-electron chi connectivity index (χ0n) is 29.1. The molecule has 0 bridgehead atoms. The van der Waals surface area contributed by atoms with Crippen molar-refractivity contribution in [3.8, 4) is 23.6 Å². The fourth-order valence-corrected chi connectivity index (χ4v) is 5.98. The van der Waals surface area contributed by atoms with Crippen molar-refractivity contribution >= 4 is 0 Å². The van der Waals surface area contributed by atoms with Crippen LogP contribution in [0.3, 0.4) is 0 Å². The number of nitriles is 2. The van der Waals surface area contributed by atoms with E-state index in [1.54, 1.807) is 12.1 Å². The molecule has 1 aromatic carbocycles. The maximum absolute atomic E-state index is 9.75. The summed E-state index contributed by atoms with van der Waals surface area (Å²) in [6, 6.07) is 7.96. The zero-order valence-corrected chi connectivity index (χ0v) is 29.1. The fourth-order valence-electron chi connectivity index (χ4n) is 5.98. The van der Waals surface area contributed by atoms with E-state index in [1.807, 2.05) is 0 Å². The molecule has 0 saturated heterocycles. The summed E-state index contributed by atoms with van der Waals surface area (Å²) in [5, 5.41) is 19.5. The molecular formula is C40H68N2O2. The molecule has 4 heteroatoms. The van der Waals surface area contributed by atoms with E-state index in [9.17, 15) is 10.5 Å². The molecule has 1 rings (SSSR count). The van der Waals surface area contributed by atoms with Crippen molar-refractivity contribution < 1.29 is 9.47 Å². The summed E-state index contributed by atoms with van der Waals surface area (Å²) in [6.07, 6.45) is 37.0. The zero-order chi connectivity index (χ0) is 31.8. The van der Waals surface area contributed by atoms with Crippen molar-refractivity contribution in [2.24, 2.45) is 0 Å². The van der Waals surface area contributed by atoms with Crippen LogP contribution >= 0.6 is 0 Å². The van der Waals surface area contributed by atoms with E-state index in [0.29, 0.717) is 35.8 Å². The van der Waals surface area contributed by atoms with Gasteiger partial charge in [0, 0.05) is 0 Å². The standard InChI is InChI=1S/C40H68N2O2/c1-3-5-7-9-11-13-15-17-19-21-23-25-27-29-33-43-39-31-32-40(38(36-42)37(39)35-41)44-34-30-28-26-24-22-20-18-16-14-12-10-8-6-4-2/h31-32H,3-30,33-34H2,1-2H3. The van der Waals surface area contributed by atoms with Crippen LogP contribution in [0.2, 0.25) is 0 Å². The molecule has 0 heterocycles. The summed E-state index contributed by atoms with van der Waals surface area (Å²) in [6.45, 7) is 5.71. The lowest BCUT2D eigenvalue weighted by Crippen LogP contribution is -2.04. The summed E-state index contributed by atoms with van der Waals surface area (Å²) < 4.78 is 11.9.